The second-order valence-corrected chi connectivity index (χ2v) is 4.86. The average molecular weight is 294 g/mol. The summed E-state index contributed by atoms with van der Waals surface area (Å²) in [5.41, 5.74) is 5.72. The number of nitrogens with two attached hydrogens (primary N) is 1. The second-order valence-electron chi connectivity index (χ2n) is 4.86. The summed E-state index contributed by atoms with van der Waals surface area (Å²) in [7, 11) is 0. The van der Waals surface area contributed by atoms with Crippen LogP contribution in [0.5, 0.6) is 5.75 Å². The van der Waals surface area contributed by atoms with Crippen molar-refractivity contribution in [2.45, 2.75) is 26.7 Å². The van der Waals surface area contributed by atoms with Crippen molar-refractivity contribution in [1.29, 1.82) is 0 Å². The van der Waals surface area contributed by atoms with Crippen LogP contribution in [0.2, 0.25) is 0 Å². The number of carbonyl (C=O) groups excluding carboxylic acids is 1. The third kappa shape index (κ3) is 4.46. The van der Waals surface area contributed by atoms with Gasteiger partial charge in [-0.1, -0.05) is 19.9 Å². The molecule has 0 atom stereocenters. The molecule has 6 nitrogen and oxygen atoms in total. The molecule has 1 aromatic rings. The molecule has 6 heteroatoms. The molecule has 0 bridgehead atoms. The molecule has 4 N–H and O–H groups in total. The van der Waals surface area contributed by atoms with Crippen LogP contribution in [0.25, 0.3) is 0 Å². The molecular weight excluding hydrogens is 272 g/mol. The Labute approximate surface area is 124 Å². The van der Waals surface area contributed by atoms with Gasteiger partial charge >= 0.3 is 5.97 Å². The maximum Gasteiger partial charge on any atom is 0.341 e. The topological polar surface area (TPSA) is 102 Å². The Balaban J connectivity index is 2.80. The van der Waals surface area contributed by atoms with E-state index < -0.39 is 18.0 Å². The Morgan fingerprint density at radius 2 is 2.00 bits per heavy atom. The highest BCUT2D eigenvalue weighted by atomic mass is 16.5. The number of ether oxygens (including phenoxy) is 1. The fraction of sp³-hybridized carbons (Fsp3) is 0.467. The molecule has 21 heavy (non-hydrogen) atoms. The minimum atomic E-state index is -1.05. The smallest absolute Gasteiger partial charge is 0.341 e. The molecule has 1 aromatic carbocycles. The van der Waals surface area contributed by atoms with Gasteiger partial charge in [0.2, 0.25) is 5.91 Å². The Hall–Kier alpha value is -2.08. The number of hydrogen-bond donors (Lipinski definition) is 3. The molecular formula is C15H22N2O4. The molecule has 0 radical (unpaired) electrons. The fourth-order valence-corrected chi connectivity index (χ4v) is 2.02. The lowest BCUT2D eigenvalue weighted by Gasteiger charge is -2.28. The Morgan fingerprint density at radius 3 is 2.52 bits per heavy atom. The molecule has 116 valence electrons. The van der Waals surface area contributed by atoms with Gasteiger partial charge in [-0.05, 0) is 25.0 Å². The van der Waals surface area contributed by atoms with Crippen molar-refractivity contribution in [3.63, 3.8) is 0 Å². The summed E-state index contributed by atoms with van der Waals surface area (Å²) < 4.78 is 5.08. The van der Waals surface area contributed by atoms with Crippen LogP contribution in [0.3, 0.4) is 0 Å². The van der Waals surface area contributed by atoms with Crippen molar-refractivity contribution in [2.75, 3.05) is 18.5 Å². The summed E-state index contributed by atoms with van der Waals surface area (Å²) in [6.45, 7) is 3.72. The van der Waals surface area contributed by atoms with Crippen LogP contribution < -0.4 is 15.8 Å². The summed E-state index contributed by atoms with van der Waals surface area (Å²) in [5.74, 6) is -0.796. The largest absolute Gasteiger partial charge is 0.482 e. The predicted octanol–water partition coefficient (Wildman–Crippen LogP) is 1.85. The normalized spacial score (nSPS) is 11.0. The van der Waals surface area contributed by atoms with Gasteiger partial charge in [-0.3, -0.25) is 4.79 Å². The zero-order valence-electron chi connectivity index (χ0n) is 12.4. The van der Waals surface area contributed by atoms with E-state index in [-0.39, 0.29) is 12.5 Å². The molecule has 0 aliphatic heterocycles. The second kappa shape index (κ2) is 7.64. The lowest BCUT2D eigenvalue weighted by Crippen LogP contribution is -2.41. The number of carboxylic acids is 1. The monoisotopic (exact) mass is 294 g/mol. The highest BCUT2D eigenvalue weighted by molar-refractivity contribution is 5.95. The van der Waals surface area contributed by atoms with Crippen molar-refractivity contribution in [1.82, 2.24) is 0 Å². The molecule has 0 aromatic heterocycles. The number of rotatable bonds is 8. The summed E-state index contributed by atoms with van der Waals surface area (Å²) in [5, 5.41) is 11.4. The van der Waals surface area contributed by atoms with E-state index in [0.717, 1.165) is 0 Å². The fourth-order valence-electron chi connectivity index (χ4n) is 2.02. The van der Waals surface area contributed by atoms with Crippen LogP contribution >= 0.6 is 0 Å². The Bertz CT molecular complexity index is 490. The molecule has 0 saturated heterocycles. The summed E-state index contributed by atoms with van der Waals surface area (Å²) in [4.78, 5) is 22.9. The standard InChI is InChI=1S/C15H22N2O4/c1-3-15(4-2,10-16)14(20)17-11-6-5-7-12(8-11)21-9-13(18)19/h5-8H,3-4,9-10,16H2,1-2H3,(H,17,20)(H,18,19). The first-order valence-corrected chi connectivity index (χ1v) is 6.93. The van der Waals surface area contributed by atoms with Crippen molar-refractivity contribution >= 4 is 17.6 Å². The van der Waals surface area contributed by atoms with Gasteiger partial charge in [0.05, 0.1) is 5.41 Å². The predicted molar refractivity (Wildman–Crippen MR) is 80.3 cm³/mol. The van der Waals surface area contributed by atoms with Crippen LogP contribution in [0.4, 0.5) is 5.69 Å². The van der Waals surface area contributed by atoms with E-state index in [9.17, 15) is 9.59 Å². The molecule has 0 fully saturated rings. The van der Waals surface area contributed by atoms with Gasteiger partial charge in [-0.2, -0.15) is 0 Å². The molecule has 0 unspecified atom stereocenters. The quantitative estimate of drug-likeness (QED) is 0.679. The van der Waals surface area contributed by atoms with Gasteiger partial charge in [0.15, 0.2) is 6.61 Å². The van der Waals surface area contributed by atoms with Crippen molar-refractivity contribution in [3.05, 3.63) is 24.3 Å². The lowest BCUT2D eigenvalue weighted by atomic mass is 9.81. The number of amides is 1. The van der Waals surface area contributed by atoms with Crippen molar-refractivity contribution in [3.8, 4) is 5.75 Å². The van der Waals surface area contributed by atoms with Crippen LogP contribution in [-0.4, -0.2) is 30.1 Å². The van der Waals surface area contributed by atoms with Crippen LogP contribution in [0.1, 0.15) is 26.7 Å². The number of hydrogen-bond acceptors (Lipinski definition) is 4. The number of nitrogens with one attached hydrogen (secondary N) is 1. The van der Waals surface area contributed by atoms with Gasteiger partial charge in [-0.15, -0.1) is 0 Å². The van der Waals surface area contributed by atoms with E-state index in [2.05, 4.69) is 5.32 Å². The maximum atomic E-state index is 12.4. The first kappa shape index (κ1) is 17.0. The summed E-state index contributed by atoms with van der Waals surface area (Å²) >= 11 is 0. The average Bonchev–Trinajstić information content (AvgIpc) is 2.48. The Morgan fingerprint density at radius 1 is 1.33 bits per heavy atom. The molecule has 0 aliphatic rings. The number of aliphatic carboxylic acids is 1. The molecule has 1 rings (SSSR count). The first-order valence-electron chi connectivity index (χ1n) is 6.93. The van der Waals surface area contributed by atoms with Crippen molar-refractivity contribution < 1.29 is 19.4 Å². The minimum absolute atomic E-state index is 0.134. The van der Waals surface area contributed by atoms with E-state index in [1.807, 2.05) is 13.8 Å². The molecule has 0 saturated carbocycles. The van der Waals surface area contributed by atoms with Crippen molar-refractivity contribution in [2.24, 2.45) is 11.1 Å². The number of anilines is 1. The van der Waals surface area contributed by atoms with E-state index >= 15 is 0 Å². The van der Waals surface area contributed by atoms with Gasteiger partial charge in [0, 0.05) is 18.3 Å². The zero-order valence-corrected chi connectivity index (χ0v) is 12.4. The van der Waals surface area contributed by atoms with Crippen LogP contribution in [-0.2, 0) is 9.59 Å². The molecule has 0 aliphatic carbocycles. The first-order chi connectivity index (χ1) is 9.97. The third-order valence-corrected chi connectivity index (χ3v) is 3.68. The van der Waals surface area contributed by atoms with E-state index in [4.69, 9.17) is 15.6 Å². The zero-order chi connectivity index (χ0) is 15.9. The lowest BCUT2D eigenvalue weighted by molar-refractivity contribution is -0.139. The molecule has 1 amide bonds. The Kier molecular flexibility index (Phi) is 6.17. The van der Waals surface area contributed by atoms with E-state index in [0.29, 0.717) is 24.3 Å². The van der Waals surface area contributed by atoms with Gasteiger partial charge < -0.3 is 20.9 Å². The van der Waals surface area contributed by atoms with Crippen LogP contribution in [0, 0.1) is 5.41 Å². The van der Waals surface area contributed by atoms with Gasteiger partial charge in [0.1, 0.15) is 5.75 Å². The summed E-state index contributed by atoms with van der Waals surface area (Å²) in [6.07, 6.45) is 1.31. The number of carbonyl (C=O) groups is 2. The SMILES string of the molecule is CCC(CC)(CN)C(=O)Nc1cccc(OCC(=O)O)c1. The maximum absolute atomic E-state index is 12.4. The van der Waals surface area contributed by atoms with Gasteiger partial charge in [0.25, 0.3) is 0 Å². The summed E-state index contributed by atoms with van der Waals surface area (Å²) in [6, 6.07) is 6.63. The number of benzene rings is 1. The van der Waals surface area contributed by atoms with Gasteiger partial charge in [-0.25, -0.2) is 4.79 Å². The highest BCUT2D eigenvalue weighted by Gasteiger charge is 2.33. The third-order valence-electron chi connectivity index (χ3n) is 3.68. The number of carboxylic acid groups (broad SMARTS) is 1. The molecule has 0 heterocycles. The van der Waals surface area contributed by atoms with E-state index in [1.165, 1.54) is 0 Å². The molecule has 0 spiro atoms. The highest BCUT2D eigenvalue weighted by Crippen LogP contribution is 2.27. The minimum Gasteiger partial charge on any atom is -0.482 e. The van der Waals surface area contributed by atoms with E-state index in [1.54, 1.807) is 24.3 Å². The van der Waals surface area contributed by atoms with Crippen LogP contribution in [0.15, 0.2) is 24.3 Å².